The fraction of sp³-hybridized carbons (Fsp3) is 0.250. The molecule has 0 radical (unpaired) electrons. The Bertz CT molecular complexity index is 730. The average molecular weight is 282 g/mol. The fourth-order valence-corrected chi connectivity index (χ4v) is 2.48. The topological polar surface area (TPSA) is 73.6 Å². The summed E-state index contributed by atoms with van der Waals surface area (Å²) in [5, 5.41) is 10.8. The van der Waals surface area contributed by atoms with Gasteiger partial charge in [0.05, 0.1) is 12.2 Å². The third kappa shape index (κ3) is 2.97. The minimum absolute atomic E-state index is 0.0285. The summed E-state index contributed by atoms with van der Waals surface area (Å²) in [5.41, 5.74) is 3.27. The number of benzene rings is 1. The van der Waals surface area contributed by atoms with Crippen molar-refractivity contribution in [1.82, 2.24) is 20.5 Å². The second-order valence-corrected chi connectivity index (χ2v) is 5.18. The highest BCUT2D eigenvalue weighted by Gasteiger charge is 2.11. The highest BCUT2D eigenvalue weighted by atomic mass is 16.1. The van der Waals surface area contributed by atoms with E-state index in [0.29, 0.717) is 6.42 Å². The van der Waals surface area contributed by atoms with Crippen LogP contribution in [0, 0.1) is 0 Å². The van der Waals surface area contributed by atoms with Gasteiger partial charge in [0.15, 0.2) is 0 Å². The van der Waals surface area contributed by atoms with Gasteiger partial charge in [-0.3, -0.25) is 9.89 Å². The number of para-hydroxylation sites is 1. The first-order valence-corrected chi connectivity index (χ1v) is 7.07. The summed E-state index contributed by atoms with van der Waals surface area (Å²) in [4.78, 5) is 15.3. The van der Waals surface area contributed by atoms with E-state index < -0.39 is 0 Å². The molecule has 0 saturated carbocycles. The molecule has 5 nitrogen and oxygen atoms in total. The summed E-state index contributed by atoms with van der Waals surface area (Å²) in [6, 6.07) is 8.11. The summed E-state index contributed by atoms with van der Waals surface area (Å²) in [7, 11) is 0. The van der Waals surface area contributed by atoms with Gasteiger partial charge in [-0.1, -0.05) is 18.2 Å². The van der Waals surface area contributed by atoms with Gasteiger partial charge in [0.1, 0.15) is 0 Å². The van der Waals surface area contributed by atoms with Gasteiger partial charge < -0.3 is 10.3 Å². The van der Waals surface area contributed by atoms with Crippen LogP contribution in [0.3, 0.4) is 0 Å². The summed E-state index contributed by atoms with van der Waals surface area (Å²) in [6.45, 7) is 1.95. The Morgan fingerprint density at radius 2 is 2.19 bits per heavy atom. The van der Waals surface area contributed by atoms with Gasteiger partial charge in [-0.2, -0.15) is 5.10 Å². The maximum Gasteiger partial charge on any atom is 0.220 e. The van der Waals surface area contributed by atoms with Crippen molar-refractivity contribution in [3.05, 3.63) is 54.0 Å². The van der Waals surface area contributed by atoms with Crippen LogP contribution in [-0.2, 0) is 11.2 Å². The molecule has 1 amide bonds. The van der Waals surface area contributed by atoms with Crippen molar-refractivity contribution in [3.8, 4) is 0 Å². The Labute approximate surface area is 122 Å². The Morgan fingerprint density at radius 1 is 1.33 bits per heavy atom. The van der Waals surface area contributed by atoms with E-state index in [1.807, 2.05) is 31.3 Å². The van der Waals surface area contributed by atoms with Crippen molar-refractivity contribution in [2.45, 2.75) is 25.8 Å². The molecule has 21 heavy (non-hydrogen) atoms. The number of hydrogen-bond donors (Lipinski definition) is 3. The van der Waals surface area contributed by atoms with E-state index in [0.717, 1.165) is 17.5 Å². The number of carbonyl (C=O) groups is 1. The first-order chi connectivity index (χ1) is 10.2. The third-order valence-corrected chi connectivity index (χ3v) is 3.69. The molecule has 3 N–H and O–H groups in total. The van der Waals surface area contributed by atoms with Gasteiger partial charge >= 0.3 is 0 Å². The number of aromatic amines is 2. The Balaban J connectivity index is 1.58. The Hall–Kier alpha value is -2.56. The molecule has 2 aromatic heterocycles. The second-order valence-electron chi connectivity index (χ2n) is 5.18. The SMILES string of the molecule is CC(NC(=O)CCc1c[nH]c2ccccc12)c1cn[nH]c1. The molecule has 3 rings (SSSR count). The molecule has 3 aromatic rings. The van der Waals surface area contributed by atoms with Gasteiger partial charge in [0.25, 0.3) is 0 Å². The van der Waals surface area contributed by atoms with Crippen LogP contribution in [0.15, 0.2) is 42.9 Å². The maximum atomic E-state index is 12.0. The van der Waals surface area contributed by atoms with Crippen molar-refractivity contribution in [2.75, 3.05) is 0 Å². The van der Waals surface area contributed by atoms with Crippen LogP contribution in [0.25, 0.3) is 10.9 Å². The van der Waals surface area contributed by atoms with Crippen molar-refractivity contribution in [1.29, 1.82) is 0 Å². The van der Waals surface area contributed by atoms with Gasteiger partial charge in [0.2, 0.25) is 5.91 Å². The smallest absolute Gasteiger partial charge is 0.220 e. The number of nitrogens with one attached hydrogen (secondary N) is 3. The van der Waals surface area contributed by atoms with Gasteiger partial charge in [-0.15, -0.1) is 0 Å². The molecule has 0 fully saturated rings. The number of hydrogen-bond acceptors (Lipinski definition) is 2. The van der Waals surface area contributed by atoms with E-state index in [4.69, 9.17) is 0 Å². The zero-order valence-corrected chi connectivity index (χ0v) is 11.9. The van der Waals surface area contributed by atoms with Crippen LogP contribution < -0.4 is 5.32 Å². The van der Waals surface area contributed by atoms with Crippen molar-refractivity contribution in [2.24, 2.45) is 0 Å². The van der Waals surface area contributed by atoms with Crippen LogP contribution >= 0.6 is 0 Å². The molecule has 0 aliphatic carbocycles. The number of aryl methyl sites for hydroxylation is 1. The monoisotopic (exact) mass is 282 g/mol. The van der Waals surface area contributed by atoms with E-state index in [-0.39, 0.29) is 11.9 Å². The molecule has 0 saturated heterocycles. The molecule has 0 spiro atoms. The first kappa shape index (κ1) is 13.4. The zero-order valence-electron chi connectivity index (χ0n) is 11.9. The van der Waals surface area contributed by atoms with Crippen LogP contribution in [0.2, 0.25) is 0 Å². The molecule has 0 aliphatic rings. The zero-order chi connectivity index (χ0) is 14.7. The standard InChI is InChI=1S/C16H18N4O/c1-11(13-9-18-19-10-13)20-16(21)7-6-12-8-17-15-5-3-2-4-14(12)15/h2-5,8-11,17H,6-7H2,1H3,(H,18,19)(H,20,21). The van der Waals surface area contributed by atoms with E-state index in [9.17, 15) is 4.79 Å². The van der Waals surface area contributed by atoms with Crippen LogP contribution in [0.5, 0.6) is 0 Å². The normalized spacial score (nSPS) is 12.4. The lowest BCUT2D eigenvalue weighted by molar-refractivity contribution is -0.121. The van der Waals surface area contributed by atoms with Crippen LogP contribution in [0.1, 0.15) is 30.5 Å². The van der Waals surface area contributed by atoms with Gasteiger partial charge in [-0.25, -0.2) is 0 Å². The van der Waals surface area contributed by atoms with E-state index in [1.165, 1.54) is 10.9 Å². The maximum absolute atomic E-state index is 12.0. The molecular weight excluding hydrogens is 264 g/mol. The summed E-state index contributed by atoms with van der Waals surface area (Å²) in [6.07, 6.45) is 6.71. The second kappa shape index (κ2) is 5.83. The number of carbonyl (C=O) groups excluding carboxylic acids is 1. The molecule has 0 aliphatic heterocycles. The third-order valence-electron chi connectivity index (χ3n) is 3.69. The number of amides is 1. The summed E-state index contributed by atoms with van der Waals surface area (Å²) in [5.74, 6) is 0.0500. The molecule has 1 unspecified atom stereocenters. The minimum atomic E-state index is -0.0285. The van der Waals surface area contributed by atoms with Crippen molar-refractivity contribution in [3.63, 3.8) is 0 Å². The van der Waals surface area contributed by atoms with E-state index >= 15 is 0 Å². The molecular formula is C16H18N4O. The lowest BCUT2D eigenvalue weighted by Crippen LogP contribution is -2.26. The molecule has 1 aromatic carbocycles. The number of fused-ring (bicyclic) bond motifs is 1. The van der Waals surface area contributed by atoms with Gasteiger partial charge in [-0.05, 0) is 25.0 Å². The predicted molar refractivity (Wildman–Crippen MR) is 81.8 cm³/mol. The summed E-state index contributed by atoms with van der Waals surface area (Å²) < 4.78 is 0. The highest BCUT2D eigenvalue weighted by molar-refractivity contribution is 5.84. The number of aromatic nitrogens is 3. The minimum Gasteiger partial charge on any atom is -0.361 e. The van der Waals surface area contributed by atoms with E-state index in [2.05, 4.69) is 26.6 Å². The predicted octanol–water partition coefficient (Wildman–Crippen LogP) is 2.70. The number of nitrogens with zero attached hydrogens (tertiary/aromatic N) is 1. The quantitative estimate of drug-likeness (QED) is 0.673. The molecule has 1 atom stereocenters. The Kier molecular flexibility index (Phi) is 3.73. The lowest BCUT2D eigenvalue weighted by atomic mass is 10.1. The van der Waals surface area contributed by atoms with Crippen LogP contribution in [0.4, 0.5) is 0 Å². The van der Waals surface area contributed by atoms with E-state index in [1.54, 1.807) is 12.4 Å². The fourth-order valence-electron chi connectivity index (χ4n) is 2.48. The molecule has 5 heteroatoms. The average Bonchev–Trinajstić information content (AvgIpc) is 3.15. The number of rotatable bonds is 5. The Morgan fingerprint density at radius 3 is 3.00 bits per heavy atom. The van der Waals surface area contributed by atoms with Crippen molar-refractivity contribution < 1.29 is 4.79 Å². The number of H-pyrrole nitrogens is 2. The van der Waals surface area contributed by atoms with Crippen molar-refractivity contribution >= 4 is 16.8 Å². The molecule has 108 valence electrons. The lowest BCUT2D eigenvalue weighted by Gasteiger charge is -2.11. The highest BCUT2D eigenvalue weighted by Crippen LogP contribution is 2.19. The summed E-state index contributed by atoms with van der Waals surface area (Å²) >= 11 is 0. The van der Waals surface area contributed by atoms with Crippen LogP contribution in [-0.4, -0.2) is 21.1 Å². The van der Waals surface area contributed by atoms with Gasteiger partial charge in [0, 0.05) is 35.3 Å². The largest absolute Gasteiger partial charge is 0.361 e. The molecule has 0 bridgehead atoms. The first-order valence-electron chi connectivity index (χ1n) is 7.07. The molecule has 2 heterocycles.